The van der Waals surface area contributed by atoms with Gasteiger partial charge in [-0.3, -0.25) is 9.59 Å². The van der Waals surface area contributed by atoms with Gasteiger partial charge < -0.3 is 9.47 Å². The molecule has 0 heterocycles. The number of ether oxygens (including phenoxy) is 2. The van der Waals surface area contributed by atoms with Gasteiger partial charge in [0.2, 0.25) is 0 Å². The SMILES string of the molecule is CCCCc1c2c(c(CCCC)c3c1CC(C(=O)OCC)C3)CC(C(=O)OCC)C2. The molecule has 30 heavy (non-hydrogen) atoms. The minimum Gasteiger partial charge on any atom is -0.466 e. The Bertz CT molecular complexity index is 678. The van der Waals surface area contributed by atoms with Crippen LogP contribution in [0.2, 0.25) is 0 Å². The van der Waals surface area contributed by atoms with Crippen LogP contribution >= 0.6 is 0 Å². The van der Waals surface area contributed by atoms with Crippen molar-refractivity contribution in [1.82, 2.24) is 0 Å². The fourth-order valence-electron chi connectivity index (χ4n) is 5.37. The Morgan fingerprint density at radius 3 is 1.27 bits per heavy atom. The van der Waals surface area contributed by atoms with Crippen LogP contribution < -0.4 is 0 Å². The zero-order valence-electron chi connectivity index (χ0n) is 19.3. The summed E-state index contributed by atoms with van der Waals surface area (Å²) in [6, 6.07) is 0. The van der Waals surface area contributed by atoms with E-state index >= 15 is 0 Å². The van der Waals surface area contributed by atoms with Crippen molar-refractivity contribution < 1.29 is 19.1 Å². The number of unbranched alkanes of at least 4 members (excludes halogenated alkanes) is 2. The minimum absolute atomic E-state index is 0.0518. The number of rotatable bonds is 10. The first-order valence-corrected chi connectivity index (χ1v) is 12.1. The predicted molar refractivity (Wildman–Crippen MR) is 119 cm³/mol. The summed E-state index contributed by atoms with van der Waals surface area (Å²) in [5, 5.41) is 0. The van der Waals surface area contributed by atoms with Gasteiger partial charge in [-0.1, -0.05) is 26.7 Å². The van der Waals surface area contributed by atoms with E-state index in [1.165, 1.54) is 33.4 Å². The molecule has 2 aliphatic rings. The van der Waals surface area contributed by atoms with Crippen molar-refractivity contribution in [2.45, 2.75) is 91.9 Å². The second-order valence-corrected chi connectivity index (χ2v) is 8.79. The third kappa shape index (κ3) is 4.58. The average Bonchev–Trinajstić information content (AvgIpc) is 3.36. The van der Waals surface area contributed by atoms with Crippen molar-refractivity contribution in [3.63, 3.8) is 0 Å². The second kappa shape index (κ2) is 10.5. The summed E-state index contributed by atoms with van der Waals surface area (Å²) in [6.45, 7) is 9.08. The number of carbonyl (C=O) groups is 2. The van der Waals surface area contributed by atoms with Gasteiger partial charge in [0.15, 0.2) is 0 Å². The molecule has 0 fully saturated rings. The van der Waals surface area contributed by atoms with Gasteiger partial charge in [-0.15, -0.1) is 0 Å². The molecule has 0 atom stereocenters. The van der Waals surface area contributed by atoms with Crippen LogP contribution in [0, 0.1) is 11.8 Å². The summed E-state index contributed by atoms with van der Waals surface area (Å²) < 4.78 is 10.8. The fraction of sp³-hybridized carbons (Fsp3) is 0.692. The van der Waals surface area contributed by atoms with E-state index in [0.29, 0.717) is 13.2 Å². The summed E-state index contributed by atoms with van der Waals surface area (Å²) in [5.41, 5.74) is 8.46. The molecule has 0 saturated carbocycles. The van der Waals surface area contributed by atoms with Gasteiger partial charge in [-0.2, -0.15) is 0 Å². The Morgan fingerprint density at radius 1 is 0.667 bits per heavy atom. The molecule has 0 aromatic heterocycles. The monoisotopic (exact) mass is 414 g/mol. The van der Waals surface area contributed by atoms with Gasteiger partial charge >= 0.3 is 11.9 Å². The molecule has 0 saturated heterocycles. The van der Waals surface area contributed by atoms with Crippen LogP contribution in [0.3, 0.4) is 0 Å². The van der Waals surface area contributed by atoms with Crippen molar-refractivity contribution in [3.8, 4) is 0 Å². The van der Waals surface area contributed by atoms with E-state index < -0.39 is 0 Å². The highest BCUT2D eigenvalue weighted by Crippen LogP contribution is 2.43. The smallest absolute Gasteiger partial charge is 0.309 e. The van der Waals surface area contributed by atoms with Crippen molar-refractivity contribution in [1.29, 1.82) is 0 Å². The Labute approximate surface area is 181 Å². The molecule has 3 rings (SSSR count). The van der Waals surface area contributed by atoms with Crippen LogP contribution in [0.1, 0.15) is 86.8 Å². The van der Waals surface area contributed by atoms with Crippen LogP contribution in [0.15, 0.2) is 0 Å². The predicted octanol–water partition coefficient (Wildman–Crippen LogP) is 4.93. The van der Waals surface area contributed by atoms with Gasteiger partial charge in [-0.25, -0.2) is 0 Å². The standard InChI is InChI=1S/C26H38O4/c1-5-9-11-19-21-13-17(25(27)29-7-3)15-23(21)20(12-10-6-2)24-16-18(14-22(19)24)26(28)30-8-4/h17-18H,5-16H2,1-4H3. The molecule has 2 aliphatic carbocycles. The van der Waals surface area contributed by atoms with E-state index in [4.69, 9.17) is 9.47 Å². The molecule has 0 spiro atoms. The molecular weight excluding hydrogens is 376 g/mol. The molecule has 0 aliphatic heterocycles. The quantitative estimate of drug-likeness (QED) is 0.510. The van der Waals surface area contributed by atoms with E-state index in [1.54, 1.807) is 0 Å². The zero-order valence-corrected chi connectivity index (χ0v) is 19.3. The molecule has 0 radical (unpaired) electrons. The van der Waals surface area contributed by atoms with E-state index in [0.717, 1.165) is 64.2 Å². The molecule has 4 nitrogen and oxygen atoms in total. The fourth-order valence-corrected chi connectivity index (χ4v) is 5.37. The second-order valence-electron chi connectivity index (χ2n) is 8.79. The summed E-state index contributed by atoms with van der Waals surface area (Å²) >= 11 is 0. The van der Waals surface area contributed by atoms with Gasteiger partial charge in [0.25, 0.3) is 0 Å². The third-order valence-corrected chi connectivity index (χ3v) is 6.79. The number of hydrogen-bond donors (Lipinski definition) is 0. The topological polar surface area (TPSA) is 52.6 Å². The van der Waals surface area contributed by atoms with Gasteiger partial charge in [0, 0.05) is 0 Å². The van der Waals surface area contributed by atoms with Crippen LogP contribution in [-0.4, -0.2) is 25.2 Å². The first-order valence-electron chi connectivity index (χ1n) is 12.1. The molecule has 0 unspecified atom stereocenters. The first kappa shape index (κ1) is 22.8. The molecular formula is C26H38O4. The summed E-state index contributed by atoms with van der Waals surface area (Å²) in [7, 11) is 0. The maximum Gasteiger partial charge on any atom is 0.309 e. The maximum absolute atomic E-state index is 12.5. The van der Waals surface area contributed by atoms with Gasteiger partial charge in [-0.05, 0) is 98.6 Å². The van der Waals surface area contributed by atoms with Crippen molar-refractivity contribution in [2.75, 3.05) is 13.2 Å². The van der Waals surface area contributed by atoms with Gasteiger partial charge in [0.1, 0.15) is 0 Å². The zero-order chi connectivity index (χ0) is 21.7. The molecule has 1 aromatic carbocycles. The molecule has 0 bridgehead atoms. The molecule has 1 aromatic rings. The van der Waals surface area contributed by atoms with Crippen LogP contribution in [0.4, 0.5) is 0 Å². The van der Waals surface area contributed by atoms with E-state index in [2.05, 4.69) is 13.8 Å². The summed E-state index contributed by atoms with van der Waals surface area (Å²) in [5.74, 6) is -0.213. The molecule has 0 N–H and O–H groups in total. The minimum atomic E-state index is -0.0545. The summed E-state index contributed by atoms with van der Waals surface area (Å²) in [6.07, 6.45) is 9.83. The lowest BCUT2D eigenvalue weighted by atomic mass is 9.85. The van der Waals surface area contributed by atoms with Gasteiger partial charge in [0.05, 0.1) is 25.0 Å². The lowest BCUT2D eigenvalue weighted by Gasteiger charge is -2.20. The Kier molecular flexibility index (Phi) is 7.96. The average molecular weight is 415 g/mol. The number of benzene rings is 1. The third-order valence-electron chi connectivity index (χ3n) is 6.79. The van der Waals surface area contributed by atoms with E-state index in [-0.39, 0.29) is 23.8 Å². The number of hydrogen-bond acceptors (Lipinski definition) is 4. The normalized spacial score (nSPS) is 15.9. The highest BCUT2D eigenvalue weighted by Gasteiger charge is 2.38. The highest BCUT2D eigenvalue weighted by molar-refractivity contribution is 5.77. The first-order chi connectivity index (χ1) is 14.5. The lowest BCUT2D eigenvalue weighted by Crippen LogP contribution is -2.19. The Hall–Kier alpha value is -1.84. The molecule has 4 heteroatoms. The maximum atomic E-state index is 12.5. The molecule has 0 amide bonds. The molecule has 166 valence electrons. The Morgan fingerprint density at radius 2 is 1.00 bits per heavy atom. The van der Waals surface area contributed by atoms with E-state index in [9.17, 15) is 9.59 Å². The Balaban J connectivity index is 2.03. The number of carbonyl (C=O) groups excluding carboxylic acids is 2. The van der Waals surface area contributed by atoms with Crippen LogP contribution in [0.5, 0.6) is 0 Å². The van der Waals surface area contributed by atoms with Crippen molar-refractivity contribution in [2.24, 2.45) is 11.8 Å². The summed E-state index contributed by atoms with van der Waals surface area (Å²) in [4.78, 5) is 25.1. The van der Waals surface area contributed by atoms with Crippen LogP contribution in [0.25, 0.3) is 0 Å². The van der Waals surface area contributed by atoms with E-state index in [1.807, 2.05) is 13.8 Å². The highest BCUT2D eigenvalue weighted by atomic mass is 16.5. The lowest BCUT2D eigenvalue weighted by molar-refractivity contribution is -0.148. The number of esters is 2. The van der Waals surface area contributed by atoms with Crippen molar-refractivity contribution in [3.05, 3.63) is 33.4 Å². The van der Waals surface area contributed by atoms with Crippen LogP contribution in [-0.2, 0) is 57.6 Å². The largest absolute Gasteiger partial charge is 0.466 e. The van der Waals surface area contributed by atoms with Crippen molar-refractivity contribution >= 4 is 11.9 Å². The number of fused-ring (bicyclic) bond motifs is 2.